The summed E-state index contributed by atoms with van der Waals surface area (Å²) in [5.41, 5.74) is 4.27. The van der Waals surface area contributed by atoms with E-state index in [1.54, 1.807) is 25.5 Å². The number of methoxy groups -OCH3 is 1. The summed E-state index contributed by atoms with van der Waals surface area (Å²) in [6.07, 6.45) is 2.46. The largest absolute Gasteiger partial charge is 0.493 e. The van der Waals surface area contributed by atoms with Crippen molar-refractivity contribution < 1.29 is 19.0 Å². The molecule has 0 heterocycles. The maximum absolute atomic E-state index is 11.9. The zero-order valence-corrected chi connectivity index (χ0v) is 17.1. The zero-order chi connectivity index (χ0) is 20.4. The molecule has 0 unspecified atom stereocenters. The Bertz CT molecular complexity index is 824. The molecule has 0 saturated carbocycles. The normalized spacial score (nSPS) is 10.7. The number of carbonyl (C=O) groups is 1. The van der Waals surface area contributed by atoms with E-state index in [4.69, 9.17) is 25.8 Å². The second-order valence-corrected chi connectivity index (χ2v) is 6.43. The summed E-state index contributed by atoms with van der Waals surface area (Å²) in [5, 5.41) is 4.65. The van der Waals surface area contributed by atoms with Crippen molar-refractivity contribution in [3.05, 3.63) is 52.5 Å². The highest BCUT2D eigenvalue weighted by Gasteiger charge is 2.05. The third-order valence-corrected chi connectivity index (χ3v) is 4.07. The van der Waals surface area contributed by atoms with E-state index in [1.807, 2.05) is 38.1 Å². The Labute approximate surface area is 170 Å². The highest BCUT2D eigenvalue weighted by Crippen LogP contribution is 2.27. The Morgan fingerprint density at radius 1 is 1.14 bits per heavy atom. The maximum Gasteiger partial charge on any atom is 0.240 e. The van der Waals surface area contributed by atoms with E-state index in [2.05, 4.69) is 10.5 Å². The van der Waals surface area contributed by atoms with Gasteiger partial charge in [0.25, 0.3) is 0 Å². The Kier molecular flexibility index (Phi) is 8.62. The second-order valence-electron chi connectivity index (χ2n) is 6.00. The average molecular weight is 405 g/mol. The first-order valence-corrected chi connectivity index (χ1v) is 9.43. The first kappa shape index (κ1) is 21.6. The Balaban J connectivity index is 1.74. The highest BCUT2D eigenvalue weighted by molar-refractivity contribution is 6.30. The number of nitrogens with one attached hydrogen (secondary N) is 1. The van der Waals surface area contributed by atoms with Gasteiger partial charge < -0.3 is 14.2 Å². The highest BCUT2D eigenvalue weighted by atomic mass is 35.5. The number of rotatable bonds is 10. The summed E-state index contributed by atoms with van der Waals surface area (Å²) in [5.74, 6) is 1.88. The van der Waals surface area contributed by atoms with Gasteiger partial charge in [-0.3, -0.25) is 4.79 Å². The quantitative estimate of drug-likeness (QED) is 0.363. The molecule has 1 N–H and O–H groups in total. The molecule has 0 aliphatic rings. The van der Waals surface area contributed by atoms with Crippen molar-refractivity contribution >= 4 is 23.7 Å². The summed E-state index contributed by atoms with van der Waals surface area (Å²) in [7, 11) is 1.58. The van der Waals surface area contributed by atoms with Gasteiger partial charge in [0, 0.05) is 11.4 Å². The van der Waals surface area contributed by atoms with E-state index in [0.29, 0.717) is 42.6 Å². The van der Waals surface area contributed by atoms with Gasteiger partial charge in [-0.2, -0.15) is 5.10 Å². The van der Waals surface area contributed by atoms with Gasteiger partial charge in [-0.05, 0) is 67.8 Å². The molecule has 0 radical (unpaired) electrons. The van der Waals surface area contributed by atoms with Crippen LogP contribution in [0.5, 0.6) is 17.2 Å². The van der Waals surface area contributed by atoms with Crippen LogP contribution in [0.1, 0.15) is 30.9 Å². The lowest BCUT2D eigenvalue weighted by molar-refractivity contribution is -0.121. The van der Waals surface area contributed by atoms with Crippen molar-refractivity contribution in [1.82, 2.24) is 5.43 Å². The summed E-state index contributed by atoms with van der Waals surface area (Å²) in [4.78, 5) is 11.9. The van der Waals surface area contributed by atoms with Gasteiger partial charge >= 0.3 is 0 Å². The minimum atomic E-state index is -0.175. The Morgan fingerprint density at radius 3 is 2.64 bits per heavy atom. The van der Waals surface area contributed by atoms with Gasteiger partial charge in [-0.15, -0.1) is 0 Å². The summed E-state index contributed by atoms with van der Waals surface area (Å²) in [6, 6.07) is 10.9. The summed E-state index contributed by atoms with van der Waals surface area (Å²) in [6.45, 7) is 4.83. The van der Waals surface area contributed by atoms with E-state index < -0.39 is 0 Å². The molecule has 0 fully saturated rings. The van der Waals surface area contributed by atoms with Crippen molar-refractivity contribution in [2.45, 2.75) is 26.7 Å². The van der Waals surface area contributed by atoms with Crippen molar-refractivity contribution in [1.29, 1.82) is 0 Å². The first-order valence-electron chi connectivity index (χ1n) is 9.05. The van der Waals surface area contributed by atoms with Crippen LogP contribution >= 0.6 is 11.6 Å². The molecule has 28 heavy (non-hydrogen) atoms. The number of amides is 1. The number of benzene rings is 2. The first-order chi connectivity index (χ1) is 13.5. The van der Waals surface area contributed by atoms with Gasteiger partial charge in [-0.1, -0.05) is 11.6 Å². The topological polar surface area (TPSA) is 69.2 Å². The molecule has 0 aliphatic heterocycles. The molecule has 0 aromatic heterocycles. The van der Waals surface area contributed by atoms with Gasteiger partial charge in [0.1, 0.15) is 5.75 Å². The minimum Gasteiger partial charge on any atom is -0.493 e. The molecule has 7 heteroatoms. The van der Waals surface area contributed by atoms with Crippen LogP contribution in [-0.4, -0.2) is 32.4 Å². The lowest BCUT2D eigenvalue weighted by atomic mass is 10.2. The second kappa shape index (κ2) is 11.2. The third kappa shape index (κ3) is 6.78. The molecule has 0 aliphatic carbocycles. The van der Waals surface area contributed by atoms with Crippen LogP contribution in [-0.2, 0) is 4.79 Å². The Hall–Kier alpha value is -2.73. The number of ether oxygens (including phenoxy) is 3. The predicted octanol–water partition coefficient (Wildman–Crippen LogP) is 4.37. The van der Waals surface area contributed by atoms with Crippen molar-refractivity contribution in [2.24, 2.45) is 5.10 Å². The maximum atomic E-state index is 11.9. The van der Waals surface area contributed by atoms with Crippen LogP contribution in [0, 0.1) is 6.92 Å². The van der Waals surface area contributed by atoms with Crippen molar-refractivity contribution in [3.8, 4) is 17.2 Å². The van der Waals surface area contributed by atoms with E-state index in [1.165, 1.54) is 0 Å². The Morgan fingerprint density at radius 2 is 1.93 bits per heavy atom. The molecule has 1 amide bonds. The number of hydrogen-bond acceptors (Lipinski definition) is 5. The molecular weight excluding hydrogens is 380 g/mol. The smallest absolute Gasteiger partial charge is 0.240 e. The van der Waals surface area contributed by atoms with Gasteiger partial charge in [0.05, 0.1) is 26.5 Å². The average Bonchev–Trinajstić information content (AvgIpc) is 2.67. The molecule has 0 spiro atoms. The SMILES string of the molecule is CCOc1ccc(C=NNC(=O)CCCOc2ccc(Cl)cc2C)cc1OC. The van der Waals surface area contributed by atoms with Gasteiger partial charge in [-0.25, -0.2) is 5.43 Å². The number of carbonyl (C=O) groups excluding carboxylic acids is 1. The minimum absolute atomic E-state index is 0.175. The summed E-state index contributed by atoms with van der Waals surface area (Å²) >= 11 is 5.92. The lowest BCUT2D eigenvalue weighted by Gasteiger charge is -2.09. The van der Waals surface area contributed by atoms with E-state index in [-0.39, 0.29) is 5.91 Å². The van der Waals surface area contributed by atoms with Crippen LogP contribution in [0.25, 0.3) is 0 Å². The molecule has 150 valence electrons. The van der Waals surface area contributed by atoms with Gasteiger partial charge in [0.15, 0.2) is 11.5 Å². The lowest BCUT2D eigenvalue weighted by Crippen LogP contribution is -2.18. The fraction of sp³-hybridized carbons (Fsp3) is 0.333. The van der Waals surface area contributed by atoms with Crippen LogP contribution in [0.2, 0.25) is 5.02 Å². The number of nitrogens with zero attached hydrogens (tertiary/aromatic N) is 1. The molecule has 2 aromatic carbocycles. The number of hydrazone groups is 1. The fourth-order valence-corrected chi connectivity index (χ4v) is 2.69. The predicted molar refractivity (Wildman–Crippen MR) is 111 cm³/mol. The van der Waals surface area contributed by atoms with Crippen molar-refractivity contribution in [2.75, 3.05) is 20.3 Å². The summed E-state index contributed by atoms with van der Waals surface area (Å²) < 4.78 is 16.4. The van der Waals surface area contributed by atoms with E-state index >= 15 is 0 Å². The number of hydrogen-bond donors (Lipinski definition) is 1. The monoisotopic (exact) mass is 404 g/mol. The molecule has 6 nitrogen and oxygen atoms in total. The molecule has 2 aromatic rings. The molecule has 2 rings (SSSR count). The third-order valence-electron chi connectivity index (χ3n) is 3.83. The van der Waals surface area contributed by atoms with Gasteiger partial charge in [0.2, 0.25) is 5.91 Å². The molecule has 0 atom stereocenters. The van der Waals surface area contributed by atoms with Crippen LogP contribution in [0.3, 0.4) is 0 Å². The molecular formula is C21H25ClN2O4. The number of aryl methyl sites for hydroxylation is 1. The molecule has 0 bridgehead atoms. The standard InChI is InChI=1S/C21H25ClN2O4/c1-4-27-19-9-7-16(13-20(19)26-3)14-23-24-21(25)6-5-11-28-18-10-8-17(22)12-15(18)2/h7-10,12-14H,4-6,11H2,1-3H3,(H,24,25). The van der Waals surface area contributed by atoms with Crippen LogP contribution in [0.4, 0.5) is 0 Å². The van der Waals surface area contributed by atoms with Crippen LogP contribution < -0.4 is 19.6 Å². The van der Waals surface area contributed by atoms with E-state index in [0.717, 1.165) is 16.9 Å². The van der Waals surface area contributed by atoms with Crippen LogP contribution in [0.15, 0.2) is 41.5 Å². The fourth-order valence-electron chi connectivity index (χ4n) is 2.46. The van der Waals surface area contributed by atoms with E-state index in [9.17, 15) is 4.79 Å². The zero-order valence-electron chi connectivity index (χ0n) is 16.3. The molecule has 0 saturated heterocycles. The van der Waals surface area contributed by atoms with Crippen molar-refractivity contribution in [3.63, 3.8) is 0 Å². The number of halogens is 1.